The molecule has 0 unspecified atom stereocenters. The minimum absolute atomic E-state index is 0.135. The van der Waals surface area contributed by atoms with Gasteiger partial charge in [0.05, 0.1) is 6.54 Å². The number of hydrogen-bond acceptors (Lipinski definition) is 3. The molecule has 0 N–H and O–H groups in total. The van der Waals surface area contributed by atoms with Gasteiger partial charge < -0.3 is 9.47 Å². The monoisotopic (exact) mass is 314 g/mol. The summed E-state index contributed by atoms with van der Waals surface area (Å²) in [6.45, 7) is 1.30. The Balaban J connectivity index is 3.28. The molecule has 0 spiro atoms. The summed E-state index contributed by atoms with van der Waals surface area (Å²) in [6, 6.07) is 0.999. The number of rotatable bonds is 5. The molecule has 0 aliphatic carbocycles. The number of amides is 1. The molecule has 0 saturated carbocycles. The zero-order chi connectivity index (χ0) is 14.8. The molecule has 1 amide bonds. The van der Waals surface area contributed by atoms with Gasteiger partial charge in [-0.3, -0.25) is 4.79 Å². The van der Waals surface area contributed by atoms with Crippen molar-refractivity contribution in [3.63, 3.8) is 0 Å². The Morgan fingerprint density at radius 1 is 1.53 bits per heavy atom. The van der Waals surface area contributed by atoms with Crippen molar-refractivity contribution in [1.29, 1.82) is 0 Å². The van der Waals surface area contributed by atoms with E-state index in [0.29, 0.717) is 6.54 Å². The van der Waals surface area contributed by atoms with Crippen LogP contribution in [-0.2, 0) is 15.6 Å². The second kappa shape index (κ2) is 5.87. The Morgan fingerprint density at radius 3 is 2.53 bits per heavy atom. The van der Waals surface area contributed by atoms with Gasteiger partial charge in [0.1, 0.15) is 10.6 Å². The van der Waals surface area contributed by atoms with E-state index in [1.165, 1.54) is 11.9 Å². The van der Waals surface area contributed by atoms with Crippen molar-refractivity contribution in [2.75, 3.05) is 13.6 Å². The first kappa shape index (κ1) is 15.9. The van der Waals surface area contributed by atoms with Crippen molar-refractivity contribution >= 4 is 25.6 Å². The number of carbonyl (C=O) groups excluding carboxylic acids is 1. The zero-order valence-corrected chi connectivity index (χ0v) is 11.9. The molecule has 1 aromatic rings. The van der Waals surface area contributed by atoms with Crippen LogP contribution in [0.2, 0.25) is 0 Å². The molecule has 19 heavy (non-hydrogen) atoms. The zero-order valence-electron chi connectivity index (χ0n) is 10.3. The van der Waals surface area contributed by atoms with Gasteiger partial charge in [-0.05, 0) is 13.0 Å². The van der Waals surface area contributed by atoms with Crippen LogP contribution in [0, 0.1) is 0 Å². The quantitative estimate of drug-likeness (QED) is 0.778. The maximum Gasteiger partial charge on any atom is 0.270 e. The highest BCUT2D eigenvalue weighted by Crippen LogP contribution is 2.20. The van der Waals surface area contributed by atoms with Crippen molar-refractivity contribution in [2.45, 2.75) is 24.8 Å². The Bertz CT molecular complexity index is 571. The molecule has 1 heterocycles. The van der Waals surface area contributed by atoms with Gasteiger partial charge in [0.2, 0.25) is 0 Å². The maximum atomic E-state index is 12.4. The highest BCUT2D eigenvalue weighted by atomic mass is 35.7. The van der Waals surface area contributed by atoms with Gasteiger partial charge in [-0.2, -0.15) is 0 Å². The van der Waals surface area contributed by atoms with Crippen molar-refractivity contribution in [2.24, 2.45) is 0 Å². The number of carbonyl (C=O) groups is 1. The summed E-state index contributed by atoms with van der Waals surface area (Å²) in [6.07, 6.45) is -1.78. The molecule has 1 rings (SSSR count). The molecule has 0 saturated heterocycles. The van der Waals surface area contributed by atoms with Crippen molar-refractivity contribution in [3.8, 4) is 0 Å². The van der Waals surface area contributed by atoms with Gasteiger partial charge >= 0.3 is 0 Å². The van der Waals surface area contributed by atoms with E-state index < -0.39 is 27.9 Å². The van der Waals surface area contributed by atoms with Crippen LogP contribution < -0.4 is 0 Å². The molecular formula is C10H13ClF2N2O3S. The average Bonchev–Trinajstić information content (AvgIpc) is 2.69. The first-order valence-electron chi connectivity index (χ1n) is 5.35. The van der Waals surface area contributed by atoms with E-state index in [9.17, 15) is 22.0 Å². The highest BCUT2D eigenvalue weighted by molar-refractivity contribution is 8.13. The fourth-order valence-electron chi connectivity index (χ4n) is 1.43. The van der Waals surface area contributed by atoms with E-state index in [2.05, 4.69) is 0 Å². The van der Waals surface area contributed by atoms with Crippen molar-refractivity contribution in [3.05, 3.63) is 18.0 Å². The molecule has 108 valence electrons. The lowest BCUT2D eigenvalue weighted by atomic mass is 10.3. The normalized spacial score (nSPS) is 11.9. The Kier molecular flexibility index (Phi) is 4.92. The van der Waals surface area contributed by atoms with Crippen LogP contribution in [0.3, 0.4) is 0 Å². The predicted octanol–water partition coefficient (Wildman–Crippen LogP) is 1.77. The third kappa shape index (κ3) is 3.90. The van der Waals surface area contributed by atoms with Crippen molar-refractivity contribution < 1.29 is 22.0 Å². The first-order valence-corrected chi connectivity index (χ1v) is 7.66. The van der Waals surface area contributed by atoms with E-state index >= 15 is 0 Å². The molecule has 0 fully saturated rings. The summed E-state index contributed by atoms with van der Waals surface area (Å²) in [4.78, 5) is 12.8. The van der Waals surface area contributed by atoms with Crippen LogP contribution in [0.1, 0.15) is 17.4 Å². The van der Waals surface area contributed by atoms with E-state index in [1.54, 1.807) is 6.92 Å². The van der Waals surface area contributed by atoms with Crippen LogP contribution in [0.15, 0.2) is 17.2 Å². The lowest BCUT2D eigenvalue weighted by molar-refractivity contribution is 0.0781. The Labute approximate surface area is 114 Å². The van der Waals surface area contributed by atoms with E-state index in [1.807, 2.05) is 0 Å². The summed E-state index contributed by atoms with van der Waals surface area (Å²) in [5.74, 6) is -0.547. The summed E-state index contributed by atoms with van der Waals surface area (Å²) in [7, 11) is 2.56. The number of nitrogens with zero attached hydrogens (tertiary/aromatic N) is 2. The number of halogens is 3. The fraction of sp³-hybridized carbons (Fsp3) is 0.500. The molecule has 0 aliphatic heterocycles. The average molecular weight is 315 g/mol. The molecule has 0 aromatic carbocycles. The molecule has 9 heteroatoms. The van der Waals surface area contributed by atoms with Gasteiger partial charge in [-0.15, -0.1) is 0 Å². The maximum absolute atomic E-state index is 12.4. The van der Waals surface area contributed by atoms with Gasteiger partial charge in [-0.1, -0.05) is 0 Å². The summed E-state index contributed by atoms with van der Waals surface area (Å²) >= 11 is 0. The molecule has 5 nitrogen and oxygen atoms in total. The topological polar surface area (TPSA) is 59.4 Å². The van der Waals surface area contributed by atoms with E-state index in [0.717, 1.165) is 16.8 Å². The SMILES string of the molecule is CCN(C)C(=O)c1cc(S(=O)(=O)Cl)cn1CC(F)F. The second-order valence-corrected chi connectivity index (χ2v) is 6.43. The molecule has 0 atom stereocenters. The molecular weight excluding hydrogens is 302 g/mol. The molecule has 0 aliphatic rings. The van der Waals surface area contributed by atoms with Crippen LogP contribution >= 0.6 is 10.7 Å². The molecule has 0 radical (unpaired) electrons. The van der Waals surface area contributed by atoms with Crippen LogP contribution in [0.4, 0.5) is 8.78 Å². The smallest absolute Gasteiger partial charge is 0.270 e. The van der Waals surface area contributed by atoms with Gasteiger partial charge in [-0.25, -0.2) is 17.2 Å². The van der Waals surface area contributed by atoms with Gasteiger partial charge in [0.15, 0.2) is 0 Å². The summed E-state index contributed by atoms with van der Waals surface area (Å²) < 4.78 is 48.1. The Hall–Kier alpha value is -1.15. The first-order chi connectivity index (χ1) is 8.66. The summed E-state index contributed by atoms with van der Waals surface area (Å²) in [5, 5.41) is 0. The van der Waals surface area contributed by atoms with Crippen molar-refractivity contribution in [1.82, 2.24) is 9.47 Å². The van der Waals surface area contributed by atoms with Crippen LogP contribution in [0.25, 0.3) is 0 Å². The van der Waals surface area contributed by atoms with E-state index in [-0.39, 0.29) is 10.6 Å². The fourth-order valence-corrected chi connectivity index (χ4v) is 2.19. The van der Waals surface area contributed by atoms with Gasteiger partial charge in [0, 0.05) is 30.5 Å². The summed E-state index contributed by atoms with van der Waals surface area (Å²) in [5.41, 5.74) is -0.135. The number of alkyl halides is 2. The third-order valence-electron chi connectivity index (χ3n) is 2.53. The Morgan fingerprint density at radius 2 is 2.11 bits per heavy atom. The second-order valence-electron chi connectivity index (χ2n) is 3.86. The lowest BCUT2D eigenvalue weighted by Crippen LogP contribution is -2.28. The highest BCUT2D eigenvalue weighted by Gasteiger charge is 2.23. The predicted molar refractivity (Wildman–Crippen MR) is 66.1 cm³/mol. The number of hydrogen-bond donors (Lipinski definition) is 0. The van der Waals surface area contributed by atoms with Crippen LogP contribution in [-0.4, -0.2) is 43.8 Å². The van der Waals surface area contributed by atoms with E-state index in [4.69, 9.17) is 10.7 Å². The van der Waals surface area contributed by atoms with Crippen LogP contribution in [0.5, 0.6) is 0 Å². The minimum atomic E-state index is -4.07. The molecule has 0 bridgehead atoms. The van der Waals surface area contributed by atoms with Gasteiger partial charge in [0.25, 0.3) is 21.4 Å². The third-order valence-corrected chi connectivity index (χ3v) is 3.85. The lowest BCUT2D eigenvalue weighted by Gasteiger charge is -2.15. The largest absolute Gasteiger partial charge is 0.341 e. The molecule has 1 aromatic heterocycles. The number of aromatic nitrogens is 1. The minimum Gasteiger partial charge on any atom is -0.341 e. The standard InChI is InChI=1S/C10H13ClF2N2O3S/c1-3-14(2)10(16)8-4-7(19(11,17)18)5-15(8)6-9(12)13/h4-5,9H,3,6H2,1-2H3.